The average Bonchev–Trinajstić information content (AvgIpc) is 2.44. The van der Waals surface area contributed by atoms with Crippen LogP contribution in [0.25, 0.3) is 0 Å². The van der Waals surface area contributed by atoms with Gasteiger partial charge in [0.05, 0.1) is 0 Å². The Morgan fingerprint density at radius 2 is 1.09 bits per heavy atom. The van der Waals surface area contributed by atoms with Gasteiger partial charge in [-0.25, -0.2) is 0 Å². The minimum Gasteiger partial charge on any atom is -0.368 e. The van der Waals surface area contributed by atoms with E-state index < -0.39 is 6.29 Å². The summed E-state index contributed by atoms with van der Waals surface area (Å²) in [5.41, 5.74) is -0.523. The molecule has 0 bridgehead atoms. The molecule has 0 saturated carbocycles. The second-order valence-corrected chi connectivity index (χ2v) is 8.15. The van der Waals surface area contributed by atoms with Crippen molar-refractivity contribution in [3.8, 4) is 0 Å². The van der Waals surface area contributed by atoms with Crippen molar-refractivity contribution in [3.05, 3.63) is 0 Å². The Labute approximate surface area is 137 Å². The largest absolute Gasteiger partial charge is 0.368 e. The standard InChI is InChI=1S/C19H38O3/c1-18(2,16-20)14-12-10-8-6-5-7-9-11-13-15-19(3,4)17(21)22/h16-17,21-22H,5-15H2,1-4H3. The Kier molecular flexibility index (Phi) is 11.0. The lowest BCUT2D eigenvalue weighted by atomic mass is 9.86. The van der Waals surface area contributed by atoms with Crippen molar-refractivity contribution in [1.82, 2.24) is 0 Å². The number of aldehydes is 1. The second kappa shape index (κ2) is 11.2. The van der Waals surface area contributed by atoms with Gasteiger partial charge in [-0.2, -0.15) is 0 Å². The van der Waals surface area contributed by atoms with E-state index in [1.54, 1.807) is 0 Å². The van der Waals surface area contributed by atoms with Crippen LogP contribution < -0.4 is 0 Å². The van der Waals surface area contributed by atoms with Crippen LogP contribution in [0.5, 0.6) is 0 Å². The highest BCUT2D eigenvalue weighted by Gasteiger charge is 2.24. The van der Waals surface area contributed by atoms with Crippen LogP contribution in [0.4, 0.5) is 0 Å². The number of hydrogen-bond acceptors (Lipinski definition) is 3. The molecule has 0 heterocycles. The molecule has 0 saturated heterocycles. The molecule has 0 amide bonds. The molecule has 0 aromatic rings. The fraction of sp³-hybridized carbons (Fsp3) is 0.947. The van der Waals surface area contributed by atoms with E-state index in [4.69, 9.17) is 0 Å². The molecule has 3 heteroatoms. The summed E-state index contributed by atoms with van der Waals surface area (Å²) in [6.07, 6.45) is 12.8. The fourth-order valence-electron chi connectivity index (χ4n) is 2.59. The molecule has 3 nitrogen and oxygen atoms in total. The Morgan fingerprint density at radius 3 is 1.45 bits per heavy atom. The fourth-order valence-corrected chi connectivity index (χ4v) is 2.59. The zero-order valence-corrected chi connectivity index (χ0v) is 15.2. The van der Waals surface area contributed by atoms with Gasteiger partial charge in [0.15, 0.2) is 6.29 Å². The number of aliphatic hydroxyl groups excluding tert-OH is 1. The molecule has 0 atom stereocenters. The molecule has 2 N–H and O–H groups in total. The lowest BCUT2D eigenvalue weighted by molar-refractivity contribution is -0.124. The number of rotatable bonds is 14. The molecule has 0 aromatic heterocycles. The van der Waals surface area contributed by atoms with Crippen molar-refractivity contribution in [1.29, 1.82) is 0 Å². The van der Waals surface area contributed by atoms with E-state index in [2.05, 4.69) is 0 Å². The summed E-state index contributed by atoms with van der Waals surface area (Å²) in [5, 5.41) is 18.5. The van der Waals surface area contributed by atoms with E-state index in [1.807, 2.05) is 27.7 Å². The van der Waals surface area contributed by atoms with Crippen molar-refractivity contribution >= 4 is 6.29 Å². The van der Waals surface area contributed by atoms with E-state index in [0.717, 1.165) is 32.0 Å². The first kappa shape index (κ1) is 21.6. The number of carbonyl (C=O) groups is 1. The Hall–Kier alpha value is -0.410. The van der Waals surface area contributed by atoms with Crippen LogP contribution >= 0.6 is 0 Å². The normalized spacial score (nSPS) is 12.9. The highest BCUT2D eigenvalue weighted by molar-refractivity contribution is 5.57. The summed E-state index contributed by atoms with van der Waals surface area (Å²) >= 11 is 0. The lowest BCUT2D eigenvalue weighted by Gasteiger charge is -2.26. The van der Waals surface area contributed by atoms with Gasteiger partial charge in [0.1, 0.15) is 6.29 Å². The van der Waals surface area contributed by atoms with E-state index in [1.165, 1.54) is 44.9 Å². The summed E-state index contributed by atoms with van der Waals surface area (Å²) in [6, 6.07) is 0. The predicted molar refractivity (Wildman–Crippen MR) is 92.6 cm³/mol. The molecule has 0 aliphatic rings. The van der Waals surface area contributed by atoms with E-state index in [9.17, 15) is 15.0 Å². The van der Waals surface area contributed by atoms with E-state index in [-0.39, 0.29) is 10.8 Å². The zero-order chi connectivity index (χ0) is 17.1. The van der Waals surface area contributed by atoms with Crippen LogP contribution in [-0.2, 0) is 4.79 Å². The summed E-state index contributed by atoms with van der Waals surface area (Å²) in [7, 11) is 0. The molecule has 0 spiro atoms. The molecule has 22 heavy (non-hydrogen) atoms. The van der Waals surface area contributed by atoms with Gasteiger partial charge in [-0.1, -0.05) is 85.5 Å². The molecule has 0 unspecified atom stereocenters. The number of carbonyl (C=O) groups excluding carboxylic acids is 1. The predicted octanol–water partition coefficient (Wildman–Crippen LogP) is 4.84. The van der Waals surface area contributed by atoms with Crippen LogP contribution in [0, 0.1) is 10.8 Å². The Morgan fingerprint density at radius 1 is 0.727 bits per heavy atom. The third-order valence-electron chi connectivity index (χ3n) is 4.66. The topological polar surface area (TPSA) is 57.5 Å². The molecule has 0 fully saturated rings. The molecule has 0 aromatic carbocycles. The monoisotopic (exact) mass is 314 g/mol. The summed E-state index contributed by atoms with van der Waals surface area (Å²) in [5.74, 6) is 0. The van der Waals surface area contributed by atoms with Crippen LogP contribution in [0.1, 0.15) is 98.3 Å². The van der Waals surface area contributed by atoms with Gasteiger partial charge in [0.25, 0.3) is 0 Å². The van der Waals surface area contributed by atoms with Crippen molar-refractivity contribution in [2.24, 2.45) is 10.8 Å². The first-order chi connectivity index (χ1) is 10.2. The summed E-state index contributed by atoms with van der Waals surface area (Å²) in [6.45, 7) is 7.83. The lowest BCUT2D eigenvalue weighted by Crippen LogP contribution is -2.28. The summed E-state index contributed by atoms with van der Waals surface area (Å²) < 4.78 is 0. The van der Waals surface area contributed by atoms with E-state index in [0.29, 0.717) is 0 Å². The number of aliphatic hydroxyl groups is 2. The molecule has 132 valence electrons. The van der Waals surface area contributed by atoms with Gasteiger partial charge >= 0.3 is 0 Å². The second-order valence-electron chi connectivity index (χ2n) is 8.15. The maximum absolute atomic E-state index is 10.8. The van der Waals surface area contributed by atoms with E-state index >= 15 is 0 Å². The van der Waals surface area contributed by atoms with Crippen molar-refractivity contribution in [3.63, 3.8) is 0 Å². The molecular formula is C19H38O3. The van der Waals surface area contributed by atoms with Gasteiger partial charge in [0.2, 0.25) is 0 Å². The van der Waals surface area contributed by atoms with Gasteiger partial charge < -0.3 is 15.0 Å². The third-order valence-corrected chi connectivity index (χ3v) is 4.66. The maximum Gasteiger partial charge on any atom is 0.156 e. The Balaban J connectivity index is 3.33. The first-order valence-corrected chi connectivity index (χ1v) is 9.04. The highest BCUT2D eigenvalue weighted by atomic mass is 16.5. The molecule has 0 radical (unpaired) electrons. The van der Waals surface area contributed by atoms with Gasteiger partial charge in [-0.3, -0.25) is 0 Å². The quantitative estimate of drug-likeness (QED) is 0.274. The number of hydrogen-bond donors (Lipinski definition) is 2. The van der Waals surface area contributed by atoms with Crippen LogP contribution in [-0.4, -0.2) is 22.8 Å². The molecule has 0 rings (SSSR count). The molecule has 0 aliphatic carbocycles. The van der Waals surface area contributed by atoms with Crippen molar-refractivity contribution in [2.45, 2.75) is 105 Å². The minimum absolute atomic E-state index is 0.143. The van der Waals surface area contributed by atoms with Crippen molar-refractivity contribution in [2.75, 3.05) is 0 Å². The van der Waals surface area contributed by atoms with Gasteiger partial charge in [-0.15, -0.1) is 0 Å². The van der Waals surface area contributed by atoms with Crippen LogP contribution in [0.3, 0.4) is 0 Å². The SMILES string of the molecule is CC(C)(C=O)CCCCCCCCCCCC(C)(C)C(O)O. The minimum atomic E-state index is -1.21. The zero-order valence-electron chi connectivity index (χ0n) is 15.2. The van der Waals surface area contributed by atoms with Crippen LogP contribution in [0.15, 0.2) is 0 Å². The van der Waals surface area contributed by atoms with Crippen molar-refractivity contribution < 1.29 is 15.0 Å². The Bertz CT molecular complexity index is 282. The third kappa shape index (κ3) is 11.2. The average molecular weight is 315 g/mol. The first-order valence-electron chi connectivity index (χ1n) is 9.04. The number of unbranched alkanes of at least 4 members (excludes halogenated alkanes) is 8. The maximum atomic E-state index is 10.8. The molecule has 0 aliphatic heterocycles. The molecular weight excluding hydrogens is 276 g/mol. The van der Waals surface area contributed by atoms with Gasteiger partial charge in [-0.05, 0) is 12.8 Å². The van der Waals surface area contributed by atoms with Gasteiger partial charge in [0, 0.05) is 10.8 Å². The summed E-state index contributed by atoms with van der Waals surface area (Å²) in [4.78, 5) is 10.8. The smallest absolute Gasteiger partial charge is 0.156 e. The van der Waals surface area contributed by atoms with Crippen LogP contribution in [0.2, 0.25) is 0 Å². The highest BCUT2D eigenvalue weighted by Crippen LogP contribution is 2.27.